The van der Waals surface area contributed by atoms with E-state index < -0.39 is 17.1 Å². The summed E-state index contributed by atoms with van der Waals surface area (Å²) in [6.07, 6.45) is 4.24. The molecule has 0 unspecified atom stereocenters. The van der Waals surface area contributed by atoms with Gasteiger partial charge in [-0.1, -0.05) is 6.07 Å². The molecule has 3 aromatic carbocycles. The number of halogens is 1. The van der Waals surface area contributed by atoms with E-state index in [9.17, 15) is 14.0 Å². The first kappa shape index (κ1) is 25.0. The van der Waals surface area contributed by atoms with Gasteiger partial charge in [0.25, 0.3) is 0 Å². The predicted octanol–water partition coefficient (Wildman–Crippen LogP) is 6.17. The van der Waals surface area contributed by atoms with Crippen LogP contribution < -0.4 is 21.1 Å². The van der Waals surface area contributed by atoms with Gasteiger partial charge in [0, 0.05) is 29.2 Å². The van der Waals surface area contributed by atoms with Crippen molar-refractivity contribution in [3.05, 3.63) is 103 Å². The molecule has 1 saturated carbocycles. The number of hydrogen-bond acceptors (Lipinski definition) is 6. The number of benzene rings is 3. The molecule has 0 atom stereocenters. The summed E-state index contributed by atoms with van der Waals surface area (Å²) in [7, 11) is 0. The second-order valence-electron chi connectivity index (χ2n) is 9.63. The molecule has 5 aromatic rings. The molecule has 1 aliphatic carbocycles. The number of nitrogens with zero attached hydrogens (tertiary/aromatic N) is 2. The Morgan fingerprint density at radius 1 is 0.775 bits per heavy atom. The number of aromatic nitrogens is 2. The highest BCUT2D eigenvalue weighted by atomic mass is 19.1. The first-order chi connectivity index (χ1) is 19.4. The first-order valence-corrected chi connectivity index (χ1v) is 12.7. The molecule has 0 aliphatic heterocycles. The monoisotopic (exact) mass is 533 g/mol. The minimum atomic E-state index is -1.14. The Morgan fingerprint density at radius 3 is 2.05 bits per heavy atom. The summed E-state index contributed by atoms with van der Waals surface area (Å²) in [6.45, 7) is 0. The number of nitrogens with one attached hydrogen (secondary N) is 2. The highest BCUT2D eigenvalue weighted by molar-refractivity contribution is 6.16. The smallest absolute Gasteiger partial charge is 0.240 e. The lowest BCUT2D eigenvalue weighted by Gasteiger charge is -2.16. The van der Waals surface area contributed by atoms with Gasteiger partial charge in [0.15, 0.2) is 0 Å². The second-order valence-corrected chi connectivity index (χ2v) is 9.63. The summed E-state index contributed by atoms with van der Waals surface area (Å²) >= 11 is 0. The van der Waals surface area contributed by atoms with E-state index in [1.54, 1.807) is 42.7 Å². The number of nitrogen functional groups attached to an aromatic ring is 1. The molecular formula is C31H24FN5O3. The summed E-state index contributed by atoms with van der Waals surface area (Å²) in [5.74, 6) is 0.471. The molecule has 2 aromatic heterocycles. The maximum absolute atomic E-state index is 13.2. The van der Waals surface area contributed by atoms with Crippen LogP contribution in [0.15, 0.2) is 97.3 Å². The van der Waals surface area contributed by atoms with Crippen molar-refractivity contribution in [1.29, 1.82) is 0 Å². The van der Waals surface area contributed by atoms with Crippen LogP contribution in [-0.2, 0) is 9.59 Å². The van der Waals surface area contributed by atoms with E-state index in [0.717, 1.165) is 22.0 Å². The molecule has 1 aliphatic rings. The van der Waals surface area contributed by atoms with Crippen LogP contribution in [-0.4, -0.2) is 21.8 Å². The summed E-state index contributed by atoms with van der Waals surface area (Å²) in [4.78, 5) is 34.3. The number of rotatable bonds is 7. The fourth-order valence-electron chi connectivity index (χ4n) is 4.47. The molecule has 2 amide bonds. The van der Waals surface area contributed by atoms with Crippen molar-refractivity contribution in [3.8, 4) is 22.6 Å². The first-order valence-electron chi connectivity index (χ1n) is 12.7. The van der Waals surface area contributed by atoms with Gasteiger partial charge in [-0.2, -0.15) is 0 Å². The molecule has 8 nitrogen and oxygen atoms in total. The largest absolute Gasteiger partial charge is 0.457 e. The maximum Gasteiger partial charge on any atom is 0.240 e. The van der Waals surface area contributed by atoms with E-state index in [4.69, 9.17) is 10.5 Å². The zero-order valence-corrected chi connectivity index (χ0v) is 21.2. The summed E-state index contributed by atoms with van der Waals surface area (Å²) in [5.41, 5.74) is 8.34. The lowest BCUT2D eigenvalue weighted by Crippen LogP contribution is -2.35. The number of ether oxygens (including phenoxy) is 1. The topological polar surface area (TPSA) is 119 Å². The molecule has 1 fully saturated rings. The molecule has 198 valence electrons. The average molecular weight is 534 g/mol. The Balaban J connectivity index is 1.13. The minimum absolute atomic E-state index is 0.382. The predicted molar refractivity (Wildman–Crippen MR) is 151 cm³/mol. The van der Waals surface area contributed by atoms with Crippen LogP contribution in [0.4, 0.5) is 21.6 Å². The lowest BCUT2D eigenvalue weighted by molar-refractivity contribution is -0.131. The highest BCUT2D eigenvalue weighted by Crippen LogP contribution is 2.47. The zero-order valence-electron chi connectivity index (χ0n) is 21.2. The van der Waals surface area contributed by atoms with Gasteiger partial charge < -0.3 is 21.1 Å². The van der Waals surface area contributed by atoms with Gasteiger partial charge in [-0.25, -0.2) is 9.37 Å². The number of amides is 2. The summed E-state index contributed by atoms with van der Waals surface area (Å²) in [5, 5.41) is 6.37. The van der Waals surface area contributed by atoms with Gasteiger partial charge in [-0.05, 0) is 103 Å². The standard InChI is InChI=1S/C31H24FN5O3/c32-21-2-4-22(5-3-21)36-29(38)31(13-14-31)30(39)37-23-6-8-24(9-7-23)40-27-12-16-34-26-17-19(1-10-25(26)27)20-11-15-35-28(33)18-20/h1-12,15-18H,13-14H2,(H2,33,35)(H,36,38)(H,37,39). The summed E-state index contributed by atoms with van der Waals surface area (Å²) < 4.78 is 19.3. The highest BCUT2D eigenvalue weighted by Gasteiger charge is 2.56. The van der Waals surface area contributed by atoms with Gasteiger partial charge >= 0.3 is 0 Å². The molecule has 0 spiro atoms. The maximum atomic E-state index is 13.2. The van der Waals surface area contributed by atoms with Crippen LogP contribution in [0.2, 0.25) is 0 Å². The van der Waals surface area contributed by atoms with Crippen molar-refractivity contribution in [1.82, 2.24) is 9.97 Å². The number of pyridine rings is 2. The molecule has 0 bridgehead atoms. The number of carbonyl (C=O) groups excluding carboxylic acids is 2. The van der Waals surface area contributed by atoms with Crippen LogP contribution >= 0.6 is 0 Å². The Kier molecular flexibility index (Phi) is 6.31. The van der Waals surface area contributed by atoms with Crippen molar-refractivity contribution in [2.45, 2.75) is 12.8 Å². The van der Waals surface area contributed by atoms with E-state index in [1.165, 1.54) is 24.3 Å². The number of carbonyl (C=O) groups is 2. The van der Waals surface area contributed by atoms with E-state index in [1.807, 2.05) is 30.3 Å². The lowest BCUT2D eigenvalue weighted by atomic mass is 10.0. The molecular weight excluding hydrogens is 509 g/mol. The van der Waals surface area contributed by atoms with Crippen LogP contribution in [0.25, 0.3) is 22.0 Å². The third-order valence-corrected chi connectivity index (χ3v) is 6.88. The van der Waals surface area contributed by atoms with E-state index in [-0.39, 0.29) is 5.91 Å². The van der Waals surface area contributed by atoms with Crippen LogP contribution in [0.1, 0.15) is 12.8 Å². The minimum Gasteiger partial charge on any atom is -0.457 e. The Bertz CT molecular complexity index is 1740. The van der Waals surface area contributed by atoms with Gasteiger partial charge in [0.05, 0.1) is 5.52 Å². The Hall–Kier alpha value is -5.31. The van der Waals surface area contributed by atoms with E-state index in [2.05, 4.69) is 20.6 Å². The second kappa shape index (κ2) is 10.1. The average Bonchev–Trinajstić information content (AvgIpc) is 3.78. The van der Waals surface area contributed by atoms with Crippen molar-refractivity contribution < 1.29 is 18.7 Å². The third-order valence-electron chi connectivity index (χ3n) is 6.88. The van der Waals surface area contributed by atoms with Crippen LogP contribution in [0.5, 0.6) is 11.5 Å². The molecule has 4 N–H and O–H groups in total. The number of nitrogens with two attached hydrogens (primary N) is 1. The van der Waals surface area contributed by atoms with E-state index in [0.29, 0.717) is 41.5 Å². The van der Waals surface area contributed by atoms with Gasteiger partial charge in [-0.3, -0.25) is 14.6 Å². The number of hydrogen-bond donors (Lipinski definition) is 3. The SMILES string of the molecule is Nc1cc(-c2ccc3c(Oc4ccc(NC(=O)C5(C(=O)Nc6ccc(F)cc6)CC5)cc4)ccnc3c2)ccn1. The molecule has 0 radical (unpaired) electrons. The Morgan fingerprint density at radius 2 is 1.40 bits per heavy atom. The molecule has 2 heterocycles. The van der Waals surface area contributed by atoms with Gasteiger partial charge in [-0.15, -0.1) is 0 Å². The molecule has 0 saturated heterocycles. The normalized spacial score (nSPS) is 13.4. The molecule has 9 heteroatoms. The third kappa shape index (κ3) is 5.04. The van der Waals surface area contributed by atoms with E-state index >= 15 is 0 Å². The van der Waals surface area contributed by atoms with Crippen LogP contribution in [0, 0.1) is 11.2 Å². The molecule has 6 rings (SSSR count). The number of anilines is 3. The zero-order chi connectivity index (χ0) is 27.7. The van der Waals surface area contributed by atoms with Crippen molar-refractivity contribution in [2.75, 3.05) is 16.4 Å². The summed E-state index contributed by atoms with van der Waals surface area (Å²) in [6, 6.07) is 23.7. The fourth-order valence-corrected chi connectivity index (χ4v) is 4.47. The Labute approximate surface area is 229 Å². The van der Waals surface area contributed by atoms with Crippen molar-refractivity contribution >= 4 is 39.9 Å². The van der Waals surface area contributed by atoms with Gasteiger partial charge in [0.2, 0.25) is 11.8 Å². The van der Waals surface area contributed by atoms with Crippen LogP contribution in [0.3, 0.4) is 0 Å². The van der Waals surface area contributed by atoms with Crippen molar-refractivity contribution in [2.24, 2.45) is 5.41 Å². The fraction of sp³-hybridized carbons (Fsp3) is 0.0968. The van der Waals surface area contributed by atoms with Crippen molar-refractivity contribution in [3.63, 3.8) is 0 Å². The number of fused-ring (bicyclic) bond motifs is 1. The van der Waals surface area contributed by atoms with Gasteiger partial charge in [0.1, 0.15) is 28.5 Å². The molecule has 40 heavy (non-hydrogen) atoms. The quantitative estimate of drug-likeness (QED) is 0.215.